The van der Waals surface area contributed by atoms with Crippen LogP contribution in [0.25, 0.3) is 10.6 Å². The Morgan fingerprint density at radius 1 is 1.19 bits per heavy atom. The van der Waals surface area contributed by atoms with Gasteiger partial charge in [-0.25, -0.2) is 0 Å². The molecule has 0 aliphatic carbocycles. The molecular weight excluding hydrogens is 360 g/mol. The second kappa shape index (κ2) is 7.44. The maximum atomic E-state index is 12.9. The molecule has 6 nitrogen and oxygen atoms in total. The Bertz CT molecular complexity index is 927. The fraction of sp³-hybridized carbons (Fsp3) is 0.300. The summed E-state index contributed by atoms with van der Waals surface area (Å²) in [7, 11) is 1.63. The first-order valence-electron chi connectivity index (χ1n) is 8.94. The number of carbonyl (C=O) groups excluding carboxylic acids is 1. The molecule has 4 rings (SSSR count). The highest BCUT2D eigenvalue weighted by Gasteiger charge is 2.24. The van der Waals surface area contributed by atoms with Gasteiger partial charge in [0.2, 0.25) is 0 Å². The topological polar surface area (TPSA) is 61.5 Å². The first kappa shape index (κ1) is 17.6. The molecule has 0 spiro atoms. The first-order valence-corrected chi connectivity index (χ1v) is 9.82. The third-order valence-electron chi connectivity index (χ3n) is 4.91. The number of methoxy groups -OCH3 is 1. The third-order valence-corrected chi connectivity index (χ3v) is 5.81. The molecule has 1 aromatic carbocycles. The third kappa shape index (κ3) is 3.55. The number of rotatable bonds is 4. The molecule has 0 saturated carbocycles. The van der Waals surface area contributed by atoms with Crippen LogP contribution >= 0.6 is 11.3 Å². The maximum Gasteiger partial charge on any atom is 0.254 e. The summed E-state index contributed by atoms with van der Waals surface area (Å²) in [6, 6.07) is 11.8. The zero-order valence-corrected chi connectivity index (χ0v) is 16.3. The lowest BCUT2D eigenvalue weighted by Gasteiger charge is -2.35. The largest absolute Gasteiger partial charge is 0.497 e. The van der Waals surface area contributed by atoms with Crippen molar-refractivity contribution in [2.45, 2.75) is 6.92 Å². The van der Waals surface area contributed by atoms with Gasteiger partial charge in [-0.3, -0.25) is 9.89 Å². The average molecular weight is 382 g/mol. The Labute approximate surface area is 162 Å². The summed E-state index contributed by atoms with van der Waals surface area (Å²) in [5.74, 6) is 1.79. The molecule has 2 aromatic heterocycles. The van der Waals surface area contributed by atoms with Gasteiger partial charge >= 0.3 is 0 Å². The summed E-state index contributed by atoms with van der Waals surface area (Å²) >= 11 is 1.69. The number of anilines is 1. The van der Waals surface area contributed by atoms with Gasteiger partial charge in [-0.1, -0.05) is 6.07 Å². The number of hydrogen-bond acceptors (Lipinski definition) is 5. The Kier molecular flexibility index (Phi) is 4.85. The van der Waals surface area contributed by atoms with Crippen LogP contribution in [0.1, 0.15) is 15.9 Å². The number of carbonyl (C=O) groups is 1. The molecule has 140 valence electrons. The number of ether oxygens (including phenoxy) is 1. The van der Waals surface area contributed by atoms with Crippen LogP contribution in [0.5, 0.6) is 5.75 Å². The molecular formula is C20H22N4O2S. The Balaban J connectivity index is 1.41. The van der Waals surface area contributed by atoms with E-state index in [0.29, 0.717) is 13.1 Å². The predicted octanol–water partition coefficient (Wildman–Crippen LogP) is 3.42. The van der Waals surface area contributed by atoms with Crippen LogP contribution in [-0.2, 0) is 0 Å². The lowest BCUT2D eigenvalue weighted by atomic mass is 10.1. The van der Waals surface area contributed by atoms with Crippen molar-refractivity contribution in [3.63, 3.8) is 0 Å². The lowest BCUT2D eigenvalue weighted by Crippen LogP contribution is -2.49. The summed E-state index contributed by atoms with van der Waals surface area (Å²) in [4.78, 5) is 18.2. The summed E-state index contributed by atoms with van der Waals surface area (Å²) in [5, 5.41) is 9.61. The Hall–Kier alpha value is -2.80. The number of piperazine rings is 1. The number of aromatic amines is 1. The number of H-pyrrole nitrogens is 1. The minimum absolute atomic E-state index is 0.0797. The van der Waals surface area contributed by atoms with Gasteiger partial charge in [-0.15, -0.1) is 11.3 Å². The standard InChI is InChI=1S/C20H22N4O2S/c1-14-12-15(26-2)5-6-16(14)20(25)24-9-7-23(8-10-24)19-13-17(21-22-19)18-4-3-11-27-18/h3-6,11-13H,7-10H2,1-2H3,(H,21,22). The molecule has 3 aromatic rings. The molecule has 1 N–H and O–H groups in total. The van der Waals surface area contributed by atoms with Gasteiger partial charge in [0, 0.05) is 37.8 Å². The number of amides is 1. The van der Waals surface area contributed by atoms with E-state index in [4.69, 9.17) is 4.74 Å². The molecule has 27 heavy (non-hydrogen) atoms. The van der Waals surface area contributed by atoms with Gasteiger partial charge in [-0.2, -0.15) is 5.10 Å². The van der Waals surface area contributed by atoms with Crippen LogP contribution in [0.4, 0.5) is 5.82 Å². The van der Waals surface area contributed by atoms with Gasteiger partial charge in [0.25, 0.3) is 5.91 Å². The molecule has 7 heteroatoms. The van der Waals surface area contributed by atoms with Crippen molar-refractivity contribution in [3.05, 3.63) is 52.9 Å². The van der Waals surface area contributed by atoms with Gasteiger partial charge in [0.05, 0.1) is 17.7 Å². The highest BCUT2D eigenvalue weighted by atomic mass is 32.1. The number of benzene rings is 1. The molecule has 3 heterocycles. The van der Waals surface area contributed by atoms with E-state index in [1.165, 1.54) is 4.88 Å². The summed E-state index contributed by atoms with van der Waals surface area (Å²) in [6.07, 6.45) is 0. The normalized spacial score (nSPS) is 14.4. The van der Waals surface area contributed by atoms with Crippen LogP contribution in [0.15, 0.2) is 41.8 Å². The van der Waals surface area contributed by atoms with Crippen molar-refractivity contribution in [1.29, 1.82) is 0 Å². The fourth-order valence-corrected chi connectivity index (χ4v) is 4.04. The maximum absolute atomic E-state index is 12.9. The van der Waals surface area contributed by atoms with Crippen molar-refractivity contribution in [3.8, 4) is 16.3 Å². The highest BCUT2D eigenvalue weighted by molar-refractivity contribution is 7.13. The van der Waals surface area contributed by atoms with Crippen molar-refractivity contribution in [2.75, 3.05) is 38.2 Å². The van der Waals surface area contributed by atoms with E-state index in [2.05, 4.69) is 32.6 Å². The molecule has 0 radical (unpaired) electrons. The number of thiophene rings is 1. The van der Waals surface area contributed by atoms with Crippen LogP contribution in [0, 0.1) is 6.92 Å². The first-order chi connectivity index (χ1) is 13.2. The minimum atomic E-state index is 0.0797. The van der Waals surface area contributed by atoms with Crippen LogP contribution in [-0.4, -0.2) is 54.3 Å². The highest BCUT2D eigenvalue weighted by Crippen LogP contribution is 2.26. The lowest BCUT2D eigenvalue weighted by molar-refractivity contribution is 0.0746. The van der Waals surface area contributed by atoms with E-state index in [-0.39, 0.29) is 5.91 Å². The second-order valence-electron chi connectivity index (χ2n) is 6.58. The van der Waals surface area contributed by atoms with E-state index < -0.39 is 0 Å². The number of nitrogens with zero attached hydrogens (tertiary/aromatic N) is 3. The molecule has 1 aliphatic rings. The summed E-state index contributed by atoms with van der Waals surface area (Å²) in [5.41, 5.74) is 2.71. The second-order valence-corrected chi connectivity index (χ2v) is 7.52. The van der Waals surface area contributed by atoms with Gasteiger partial charge in [0.15, 0.2) is 5.82 Å². The fourth-order valence-electron chi connectivity index (χ4n) is 3.34. The Morgan fingerprint density at radius 3 is 2.67 bits per heavy atom. The molecule has 0 unspecified atom stereocenters. The zero-order valence-electron chi connectivity index (χ0n) is 15.4. The van der Waals surface area contributed by atoms with Crippen molar-refractivity contribution in [1.82, 2.24) is 15.1 Å². The van der Waals surface area contributed by atoms with Gasteiger partial charge in [0.1, 0.15) is 5.75 Å². The van der Waals surface area contributed by atoms with E-state index >= 15 is 0 Å². The smallest absolute Gasteiger partial charge is 0.254 e. The van der Waals surface area contributed by atoms with E-state index in [9.17, 15) is 4.79 Å². The Morgan fingerprint density at radius 2 is 2.00 bits per heavy atom. The van der Waals surface area contributed by atoms with E-state index in [1.807, 2.05) is 36.1 Å². The molecule has 0 bridgehead atoms. The quantitative estimate of drug-likeness (QED) is 0.751. The van der Waals surface area contributed by atoms with Crippen LogP contribution < -0.4 is 9.64 Å². The molecule has 1 saturated heterocycles. The summed E-state index contributed by atoms with van der Waals surface area (Å²) in [6.45, 7) is 4.87. The summed E-state index contributed by atoms with van der Waals surface area (Å²) < 4.78 is 5.23. The molecule has 1 aliphatic heterocycles. The number of aryl methyl sites for hydroxylation is 1. The number of aromatic nitrogens is 2. The van der Waals surface area contributed by atoms with Crippen molar-refractivity contribution >= 4 is 23.1 Å². The number of hydrogen-bond donors (Lipinski definition) is 1. The number of nitrogens with one attached hydrogen (secondary N) is 1. The zero-order chi connectivity index (χ0) is 18.8. The predicted molar refractivity (Wildman–Crippen MR) is 108 cm³/mol. The van der Waals surface area contributed by atoms with Crippen LogP contribution in [0.3, 0.4) is 0 Å². The minimum Gasteiger partial charge on any atom is -0.497 e. The average Bonchev–Trinajstić information content (AvgIpc) is 3.39. The van der Waals surface area contributed by atoms with E-state index in [1.54, 1.807) is 18.4 Å². The van der Waals surface area contributed by atoms with Crippen molar-refractivity contribution < 1.29 is 9.53 Å². The van der Waals surface area contributed by atoms with E-state index in [0.717, 1.165) is 41.5 Å². The molecule has 0 atom stereocenters. The van der Waals surface area contributed by atoms with Crippen LogP contribution in [0.2, 0.25) is 0 Å². The monoisotopic (exact) mass is 382 g/mol. The van der Waals surface area contributed by atoms with Crippen molar-refractivity contribution in [2.24, 2.45) is 0 Å². The van der Waals surface area contributed by atoms with Gasteiger partial charge in [-0.05, 0) is 42.1 Å². The SMILES string of the molecule is COc1ccc(C(=O)N2CCN(c3cc(-c4cccs4)[nH]n3)CC2)c(C)c1. The van der Waals surface area contributed by atoms with Gasteiger partial charge < -0.3 is 14.5 Å². The molecule has 1 fully saturated rings. The molecule has 1 amide bonds.